The molecule has 0 bridgehead atoms. The van der Waals surface area contributed by atoms with E-state index in [2.05, 4.69) is 23.5 Å². The molecular formula is C14H26O2S2. The second-order valence-corrected chi connectivity index (χ2v) is 7.48. The molecular weight excluding hydrogens is 264 g/mol. The fourth-order valence-corrected chi connectivity index (χ4v) is 3.93. The predicted octanol–water partition coefficient (Wildman–Crippen LogP) is 3.59. The summed E-state index contributed by atoms with van der Waals surface area (Å²) in [4.78, 5) is 0. The van der Waals surface area contributed by atoms with Crippen LogP contribution in [0.3, 0.4) is 0 Å². The van der Waals surface area contributed by atoms with Crippen LogP contribution >= 0.6 is 23.5 Å². The van der Waals surface area contributed by atoms with Crippen molar-refractivity contribution in [1.82, 2.24) is 0 Å². The van der Waals surface area contributed by atoms with Crippen LogP contribution in [0, 0.1) is 0 Å². The zero-order valence-corrected chi connectivity index (χ0v) is 12.9. The Balaban J connectivity index is 1.19. The maximum absolute atomic E-state index is 5.19. The summed E-state index contributed by atoms with van der Waals surface area (Å²) in [7, 11) is 0. The maximum atomic E-state index is 5.19. The molecule has 0 aromatic heterocycles. The second kappa shape index (κ2) is 9.51. The topological polar surface area (TPSA) is 25.1 Å². The molecule has 2 heterocycles. The lowest BCUT2D eigenvalue weighted by molar-refractivity contribution is 0.426. The van der Waals surface area contributed by atoms with Gasteiger partial charge in [0.05, 0.1) is 25.4 Å². The molecule has 0 aliphatic carbocycles. The summed E-state index contributed by atoms with van der Waals surface area (Å²) >= 11 is 4.13. The molecule has 2 aliphatic rings. The van der Waals surface area contributed by atoms with Crippen molar-refractivity contribution in [2.75, 3.05) is 36.2 Å². The normalized spacial score (nSPS) is 25.3. The molecule has 2 nitrogen and oxygen atoms in total. The Morgan fingerprint density at radius 3 is 1.44 bits per heavy atom. The quantitative estimate of drug-likeness (QED) is 0.382. The smallest absolute Gasteiger partial charge is 0.0900 e. The van der Waals surface area contributed by atoms with Crippen molar-refractivity contribution in [2.45, 2.75) is 50.7 Å². The summed E-state index contributed by atoms with van der Waals surface area (Å²) < 4.78 is 10.4. The molecule has 2 rings (SSSR count). The van der Waals surface area contributed by atoms with Crippen molar-refractivity contribution in [3.05, 3.63) is 0 Å². The van der Waals surface area contributed by atoms with Crippen molar-refractivity contribution >= 4 is 23.5 Å². The zero-order chi connectivity index (χ0) is 12.5. The number of epoxide rings is 2. The Labute approximate surface area is 120 Å². The van der Waals surface area contributed by atoms with Crippen LogP contribution in [0.1, 0.15) is 38.5 Å². The third-order valence-electron chi connectivity index (χ3n) is 3.24. The number of hydrogen-bond donors (Lipinski definition) is 0. The van der Waals surface area contributed by atoms with Crippen LogP contribution in [0.4, 0.5) is 0 Å². The van der Waals surface area contributed by atoms with Crippen LogP contribution in [0.25, 0.3) is 0 Å². The van der Waals surface area contributed by atoms with Gasteiger partial charge in [0.15, 0.2) is 0 Å². The highest BCUT2D eigenvalue weighted by atomic mass is 32.2. The Bertz CT molecular complexity index is 184. The molecule has 0 spiro atoms. The fourth-order valence-electron chi connectivity index (χ4n) is 1.87. The van der Waals surface area contributed by atoms with Crippen LogP contribution in [0.15, 0.2) is 0 Å². The molecule has 2 unspecified atom stereocenters. The van der Waals surface area contributed by atoms with Crippen LogP contribution < -0.4 is 0 Å². The Kier molecular flexibility index (Phi) is 7.94. The van der Waals surface area contributed by atoms with Gasteiger partial charge in [-0.25, -0.2) is 0 Å². The van der Waals surface area contributed by atoms with Crippen LogP contribution in [0.5, 0.6) is 0 Å². The van der Waals surface area contributed by atoms with Crippen molar-refractivity contribution in [1.29, 1.82) is 0 Å². The van der Waals surface area contributed by atoms with Gasteiger partial charge in [-0.3, -0.25) is 0 Å². The molecule has 0 amide bonds. The predicted molar refractivity (Wildman–Crippen MR) is 81.8 cm³/mol. The lowest BCUT2D eigenvalue weighted by Crippen LogP contribution is -1.92. The van der Waals surface area contributed by atoms with E-state index < -0.39 is 0 Å². The highest BCUT2D eigenvalue weighted by Crippen LogP contribution is 2.19. The van der Waals surface area contributed by atoms with E-state index >= 15 is 0 Å². The van der Waals surface area contributed by atoms with Gasteiger partial charge in [0.25, 0.3) is 0 Å². The van der Waals surface area contributed by atoms with Crippen molar-refractivity contribution in [3.8, 4) is 0 Å². The van der Waals surface area contributed by atoms with E-state index in [0.29, 0.717) is 12.2 Å². The summed E-state index contributed by atoms with van der Waals surface area (Å²) in [6.45, 7) is 2.02. The molecule has 2 fully saturated rings. The van der Waals surface area contributed by atoms with E-state index in [1.807, 2.05) is 0 Å². The standard InChI is InChI=1S/C14H26O2S2/c1(3-5-7-17-11-13-9-15-13)2-4-6-8-18-12-14-10-16-14/h13-14H,1-12H2. The van der Waals surface area contributed by atoms with Gasteiger partial charge < -0.3 is 9.47 Å². The van der Waals surface area contributed by atoms with E-state index in [1.54, 1.807) is 0 Å². The molecule has 2 atom stereocenters. The van der Waals surface area contributed by atoms with Crippen LogP contribution in [-0.4, -0.2) is 48.4 Å². The van der Waals surface area contributed by atoms with E-state index in [9.17, 15) is 0 Å². The van der Waals surface area contributed by atoms with Crippen molar-refractivity contribution in [3.63, 3.8) is 0 Å². The first-order valence-corrected chi connectivity index (χ1v) is 9.65. The van der Waals surface area contributed by atoms with E-state index in [1.165, 1.54) is 61.5 Å². The fraction of sp³-hybridized carbons (Fsp3) is 1.00. The first-order chi connectivity index (χ1) is 8.95. The minimum atomic E-state index is 0.605. The van der Waals surface area contributed by atoms with Gasteiger partial charge in [-0.15, -0.1) is 0 Å². The lowest BCUT2D eigenvalue weighted by atomic mass is 10.1. The summed E-state index contributed by atoms with van der Waals surface area (Å²) in [5.41, 5.74) is 0. The second-order valence-electron chi connectivity index (χ2n) is 5.18. The molecule has 0 aromatic carbocycles. The highest BCUT2D eigenvalue weighted by molar-refractivity contribution is 7.99. The summed E-state index contributed by atoms with van der Waals surface area (Å²) in [6, 6.07) is 0. The monoisotopic (exact) mass is 290 g/mol. The van der Waals surface area contributed by atoms with Gasteiger partial charge in [-0.1, -0.05) is 25.7 Å². The molecule has 0 aromatic rings. The Morgan fingerprint density at radius 2 is 1.06 bits per heavy atom. The van der Waals surface area contributed by atoms with Gasteiger partial charge in [0.2, 0.25) is 0 Å². The Morgan fingerprint density at radius 1 is 0.667 bits per heavy atom. The molecule has 0 radical (unpaired) electrons. The van der Waals surface area contributed by atoms with Gasteiger partial charge in [-0.2, -0.15) is 23.5 Å². The number of rotatable bonds is 13. The molecule has 0 saturated carbocycles. The van der Waals surface area contributed by atoms with Crippen molar-refractivity contribution < 1.29 is 9.47 Å². The Hall–Kier alpha value is 0.620. The maximum Gasteiger partial charge on any atom is 0.0900 e. The molecule has 2 aliphatic heterocycles. The van der Waals surface area contributed by atoms with E-state index in [4.69, 9.17) is 9.47 Å². The average molecular weight is 290 g/mol. The van der Waals surface area contributed by atoms with Gasteiger partial charge in [-0.05, 0) is 24.3 Å². The molecule has 4 heteroatoms. The van der Waals surface area contributed by atoms with Crippen molar-refractivity contribution in [2.24, 2.45) is 0 Å². The highest BCUT2D eigenvalue weighted by Gasteiger charge is 2.21. The first-order valence-electron chi connectivity index (χ1n) is 7.34. The summed E-state index contributed by atoms with van der Waals surface area (Å²) in [5, 5.41) is 0. The largest absolute Gasteiger partial charge is 0.372 e. The molecule has 106 valence electrons. The first kappa shape index (κ1) is 15.0. The van der Waals surface area contributed by atoms with E-state index in [0.717, 1.165) is 13.2 Å². The minimum Gasteiger partial charge on any atom is -0.372 e. The third-order valence-corrected chi connectivity index (χ3v) is 5.61. The lowest BCUT2D eigenvalue weighted by Gasteiger charge is -2.02. The number of hydrogen-bond acceptors (Lipinski definition) is 4. The molecule has 18 heavy (non-hydrogen) atoms. The molecule has 2 saturated heterocycles. The van der Waals surface area contributed by atoms with Gasteiger partial charge in [0, 0.05) is 11.5 Å². The van der Waals surface area contributed by atoms with Gasteiger partial charge >= 0.3 is 0 Å². The average Bonchev–Trinajstić information content (AvgIpc) is 3.25. The molecule has 0 N–H and O–H groups in total. The van der Waals surface area contributed by atoms with Crippen LogP contribution in [-0.2, 0) is 9.47 Å². The third kappa shape index (κ3) is 8.68. The van der Waals surface area contributed by atoms with Gasteiger partial charge in [0.1, 0.15) is 0 Å². The number of unbranched alkanes of at least 4 members (excludes halogenated alkanes) is 5. The number of thioether (sulfide) groups is 2. The van der Waals surface area contributed by atoms with Crippen LogP contribution in [0.2, 0.25) is 0 Å². The minimum absolute atomic E-state index is 0.605. The van der Waals surface area contributed by atoms with E-state index in [-0.39, 0.29) is 0 Å². The number of ether oxygens (including phenoxy) is 2. The zero-order valence-electron chi connectivity index (χ0n) is 11.3. The SMILES string of the molecule is C(CCCCSCC1CO1)CCCSCC1CO1. The summed E-state index contributed by atoms with van der Waals surface area (Å²) in [5.74, 6) is 5.11. The summed E-state index contributed by atoms with van der Waals surface area (Å²) in [6.07, 6.45) is 9.69.